The van der Waals surface area contributed by atoms with Crippen LogP contribution < -0.4 is 10.9 Å². The second kappa shape index (κ2) is 9.22. The zero-order valence-electron chi connectivity index (χ0n) is 17.0. The minimum absolute atomic E-state index is 0.0854. The van der Waals surface area contributed by atoms with E-state index >= 15 is 0 Å². The molecule has 0 radical (unpaired) electrons. The third-order valence-electron chi connectivity index (χ3n) is 4.63. The van der Waals surface area contributed by atoms with Crippen molar-refractivity contribution in [1.29, 1.82) is 0 Å². The summed E-state index contributed by atoms with van der Waals surface area (Å²) in [5, 5.41) is 3.69. The highest BCUT2D eigenvalue weighted by atomic mass is 32.2. The highest BCUT2D eigenvalue weighted by Crippen LogP contribution is 2.32. The number of thioether (sulfide) groups is 1. The molecule has 1 amide bonds. The summed E-state index contributed by atoms with van der Waals surface area (Å²) >= 11 is 1.39. The van der Waals surface area contributed by atoms with Crippen molar-refractivity contribution in [1.82, 2.24) is 9.97 Å². The molecule has 0 atom stereocenters. The van der Waals surface area contributed by atoms with Crippen LogP contribution in [-0.4, -0.2) is 22.1 Å². The van der Waals surface area contributed by atoms with Gasteiger partial charge in [0.05, 0.1) is 0 Å². The molecule has 1 aromatic heterocycles. The smallest absolute Gasteiger partial charge is 0.254 e. The third kappa shape index (κ3) is 5.22. The molecular formula is C21H29N3O2S. The van der Waals surface area contributed by atoms with Crippen molar-refractivity contribution in [2.24, 2.45) is 0 Å². The molecule has 0 unspecified atom stereocenters. The van der Waals surface area contributed by atoms with E-state index in [1.807, 2.05) is 19.2 Å². The summed E-state index contributed by atoms with van der Waals surface area (Å²) < 4.78 is 0. The van der Waals surface area contributed by atoms with Crippen LogP contribution in [0.5, 0.6) is 0 Å². The number of aromatic amines is 1. The maximum atomic E-state index is 12.6. The molecule has 1 aromatic carbocycles. The van der Waals surface area contributed by atoms with E-state index < -0.39 is 0 Å². The monoisotopic (exact) mass is 387 g/mol. The number of H-pyrrole nitrogens is 1. The van der Waals surface area contributed by atoms with Crippen molar-refractivity contribution in [3.63, 3.8) is 0 Å². The Morgan fingerprint density at radius 3 is 2.26 bits per heavy atom. The summed E-state index contributed by atoms with van der Waals surface area (Å²) in [7, 11) is 0. The van der Waals surface area contributed by atoms with Crippen molar-refractivity contribution in [2.75, 3.05) is 11.6 Å². The Bertz CT molecular complexity index is 846. The van der Waals surface area contributed by atoms with Crippen LogP contribution in [-0.2, 0) is 11.2 Å². The van der Waals surface area contributed by atoms with Gasteiger partial charge >= 0.3 is 0 Å². The Morgan fingerprint density at radius 1 is 1.19 bits per heavy atom. The van der Waals surface area contributed by atoms with Crippen LogP contribution in [0, 0.1) is 6.92 Å². The number of aryl methyl sites for hydroxylation is 1. The fourth-order valence-electron chi connectivity index (χ4n) is 3.11. The highest BCUT2D eigenvalue weighted by Gasteiger charge is 2.17. The van der Waals surface area contributed by atoms with Gasteiger partial charge in [-0.15, -0.1) is 0 Å². The van der Waals surface area contributed by atoms with Crippen LogP contribution >= 0.6 is 11.8 Å². The quantitative estimate of drug-likeness (QED) is 0.537. The van der Waals surface area contributed by atoms with Crippen LogP contribution in [0.15, 0.2) is 28.2 Å². The van der Waals surface area contributed by atoms with Crippen LogP contribution in [0.25, 0.3) is 0 Å². The lowest BCUT2D eigenvalue weighted by molar-refractivity contribution is -0.116. The molecule has 0 aliphatic carbocycles. The first-order valence-corrected chi connectivity index (χ1v) is 10.5. The van der Waals surface area contributed by atoms with E-state index in [0.29, 0.717) is 34.7 Å². The van der Waals surface area contributed by atoms with E-state index in [-0.39, 0.29) is 17.9 Å². The molecule has 0 aliphatic rings. The van der Waals surface area contributed by atoms with Gasteiger partial charge in [-0.05, 0) is 42.6 Å². The lowest BCUT2D eigenvalue weighted by Crippen LogP contribution is -2.21. The normalized spacial score (nSPS) is 11.3. The van der Waals surface area contributed by atoms with Crippen LogP contribution in [0.4, 0.5) is 5.69 Å². The summed E-state index contributed by atoms with van der Waals surface area (Å²) in [6, 6.07) is 6.17. The molecular weight excluding hydrogens is 358 g/mol. The minimum atomic E-state index is -0.162. The van der Waals surface area contributed by atoms with Gasteiger partial charge in [0.15, 0.2) is 5.16 Å². The molecule has 0 bridgehead atoms. The Kier molecular flexibility index (Phi) is 7.25. The summed E-state index contributed by atoms with van der Waals surface area (Å²) in [5.41, 5.74) is 4.27. The average molecular weight is 388 g/mol. The number of amides is 1. The van der Waals surface area contributed by atoms with E-state index in [0.717, 1.165) is 16.8 Å². The molecule has 0 fully saturated rings. The molecule has 0 spiro atoms. The molecule has 5 nitrogen and oxygen atoms in total. The summed E-state index contributed by atoms with van der Waals surface area (Å²) in [5.74, 6) is 0.539. The fraction of sp³-hybridized carbons (Fsp3) is 0.476. The number of benzene rings is 1. The number of hydrogen-bond acceptors (Lipinski definition) is 4. The number of carbonyl (C=O) groups is 1. The van der Waals surface area contributed by atoms with Crippen LogP contribution in [0.1, 0.15) is 68.3 Å². The summed E-state index contributed by atoms with van der Waals surface area (Å²) in [4.78, 5) is 32.0. The Hall–Kier alpha value is -2.08. The first-order valence-electron chi connectivity index (χ1n) is 9.31. The number of hydrogen-bond donors (Lipinski definition) is 2. The molecule has 27 heavy (non-hydrogen) atoms. The van der Waals surface area contributed by atoms with Gasteiger partial charge in [0.25, 0.3) is 5.56 Å². The maximum absolute atomic E-state index is 12.6. The molecule has 2 rings (SSSR count). The van der Waals surface area contributed by atoms with Gasteiger partial charge in [0, 0.05) is 23.4 Å². The zero-order chi connectivity index (χ0) is 20.1. The second-order valence-corrected chi connectivity index (χ2v) is 8.10. The predicted molar refractivity (Wildman–Crippen MR) is 113 cm³/mol. The van der Waals surface area contributed by atoms with Crippen molar-refractivity contribution in [3.05, 3.63) is 50.9 Å². The van der Waals surface area contributed by atoms with E-state index in [1.54, 1.807) is 0 Å². The van der Waals surface area contributed by atoms with Gasteiger partial charge in [-0.3, -0.25) is 9.59 Å². The second-order valence-electron chi connectivity index (χ2n) is 7.31. The minimum Gasteiger partial charge on any atom is -0.326 e. The lowest BCUT2D eigenvalue weighted by atomic mass is 9.92. The topological polar surface area (TPSA) is 74.8 Å². The van der Waals surface area contributed by atoms with Gasteiger partial charge in [0.2, 0.25) is 5.91 Å². The molecule has 2 aromatic rings. The number of rotatable bonds is 7. The molecule has 0 saturated heterocycles. The largest absolute Gasteiger partial charge is 0.326 e. The summed E-state index contributed by atoms with van der Waals surface area (Å²) in [6.07, 6.45) is 2.48. The third-order valence-corrected chi connectivity index (χ3v) is 5.21. The number of anilines is 1. The first kappa shape index (κ1) is 21.2. The summed E-state index contributed by atoms with van der Waals surface area (Å²) in [6.45, 7) is 10.3. The molecule has 2 N–H and O–H groups in total. The van der Waals surface area contributed by atoms with E-state index in [1.165, 1.54) is 11.8 Å². The maximum Gasteiger partial charge on any atom is 0.254 e. The standard InChI is InChI=1S/C21H29N3O2S/c1-12(2)15-8-7-9-16(13(3)4)19(15)23-18(25)11-10-17-14(5)22-21(27-6)24-20(17)26/h7-9,12-13H,10-11H2,1-6H3,(H,23,25)(H,22,24,26). The average Bonchev–Trinajstić information content (AvgIpc) is 2.60. The van der Waals surface area contributed by atoms with Gasteiger partial charge in [-0.2, -0.15) is 0 Å². The van der Waals surface area contributed by atoms with Gasteiger partial charge in [0.1, 0.15) is 0 Å². The van der Waals surface area contributed by atoms with E-state index in [9.17, 15) is 9.59 Å². The Morgan fingerprint density at radius 2 is 1.78 bits per heavy atom. The fourth-order valence-corrected chi connectivity index (χ4v) is 3.53. The molecule has 146 valence electrons. The molecule has 1 heterocycles. The van der Waals surface area contributed by atoms with Gasteiger partial charge in [-0.1, -0.05) is 57.7 Å². The van der Waals surface area contributed by atoms with Crippen molar-refractivity contribution in [3.8, 4) is 0 Å². The lowest BCUT2D eigenvalue weighted by Gasteiger charge is -2.20. The number of nitrogens with zero attached hydrogens (tertiary/aromatic N) is 1. The zero-order valence-corrected chi connectivity index (χ0v) is 17.8. The van der Waals surface area contributed by atoms with Crippen LogP contribution in [0.3, 0.4) is 0 Å². The van der Waals surface area contributed by atoms with Gasteiger partial charge < -0.3 is 10.3 Å². The van der Waals surface area contributed by atoms with Gasteiger partial charge in [-0.25, -0.2) is 4.98 Å². The van der Waals surface area contributed by atoms with Crippen molar-refractivity contribution in [2.45, 2.75) is 64.5 Å². The molecule has 0 aliphatic heterocycles. The number of carbonyl (C=O) groups excluding carboxylic acids is 1. The van der Waals surface area contributed by atoms with E-state index in [2.05, 4.69) is 55.1 Å². The highest BCUT2D eigenvalue weighted by molar-refractivity contribution is 7.98. The number of aromatic nitrogens is 2. The van der Waals surface area contributed by atoms with Crippen molar-refractivity contribution >= 4 is 23.4 Å². The SMILES string of the molecule is CSc1nc(C)c(CCC(=O)Nc2c(C(C)C)cccc2C(C)C)c(=O)[nH]1. The predicted octanol–water partition coefficient (Wildman–Crippen LogP) is 4.62. The Labute approximate surface area is 165 Å². The molecule has 0 saturated carbocycles. The Balaban J connectivity index is 2.19. The number of para-hydroxylation sites is 1. The molecule has 6 heteroatoms. The van der Waals surface area contributed by atoms with Crippen molar-refractivity contribution < 1.29 is 4.79 Å². The number of nitrogens with one attached hydrogen (secondary N) is 2. The van der Waals surface area contributed by atoms with E-state index in [4.69, 9.17) is 0 Å². The first-order chi connectivity index (χ1) is 12.7. The van der Waals surface area contributed by atoms with Crippen LogP contribution in [0.2, 0.25) is 0 Å².